The van der Waals surface area contributed by atoms with E-state index in [0.717, 1.165) is 23.0 Å². The number of fused-ring (bicyclic) bond motifs is 1. The zero-order chi connectivity index (χ0) is 19.8. The molecule has 0 saturated heterocycles. The lowest BCUT2D eigenvalue weighted by atomic mass is 10.0. The molecule has 28 heavy (non-hydrogen) atoms. The van der Waals surface area contributed by atoms with E-state index in [0.29, 0.717) is 27.0 Å². The van der Waals surface area contributed by atoms with E-state index in [4.69, 9.17) is 23.2 Å². The Hall–Kier alpha value is -2.55. The smallest absolute Gasteiger partial charge is 0.299 e. The second-order valence-corrected chi connectivity index (χ2v) is 8.20. The summed E-state index contributed by atoms with van der Waals surface area (Å²) in [6.07, 6.45) is 0. The third-order valence-electron chi connectivity index (χ3n) is 4.19. The zero-order valence-corrected chi connectivity index (χ0v) is 16.7. The molecular formula is C18H13Cl2N5O2S. The van der Waals surface area contributed by atoms with Gasteiger partial charge in [0.2, 0.25) is 0 Å². The summed E-state index contributed by atoms with van der Waals surface area (Å²) in [6.45, 7) is 1.90. The molecule has 0 saturated carbocycles. The molecule has 4 rings (SSSR count). The highest BCUT2D eigenvalue weighted by molar-refractivity contribution is 8.14. The minimum absolute atomic E-state index is 0.105. The van der Waals surface area contributed by atoms with Gasteiger partial charge in [-0.05, 0) is 42.8 Å². The first-order valence-electron chi connectivity index (χ1n) is 8.21. The lowest BCUT2D eigenvalue weighted by Crippen LogP contribution is -2.29. The van der Waals surface area contributed by atoms with Crippen molar-refractivity contribution in [3.8, 4) is 0 Å². The van der Waals surface area contributed by atoms with Crippen LogP contribution >= 0.6 is 35.0 Å². The van der Waals surface area contributed by atoms with E-state index in [9.17, 15) is 9.59 Å². The summed E-state index contributed by atoms with van der Waals surface area (Å²) in [4.78, 5) is 23.8. The Bertz CT molecular complexity index is 1070. The Morgan fingerprint density at radius 2 is 1.96 bits per heavy atom. The molecular weight excluding hydrogens is 421 g/mol. The van der Waals surface area contributed by atoms with E-state index >= 15 is 0 Å². The van der Waals surface area contributed by atoms with Gasteiger partial charge in [-0.3, -0.25) is 15.0 Å². The van der Waals surface area contributed by atoms with Crippen LogP contribution in [0.15, 0.2) is 46.6 Å². The first-order chi connectivity index (χ1) is 13.4. The van der Waals surface area contributed by atoms with E-state index in [1.54, 1.807) is 24.3 Å². The van der Waals surface area contributed by atoms with Gasteiger partial charge in [0.25, 0.3) is 11.1 Å². The van der Waals surface area contributed by atoms with Crippen LogP contribution in [0.2, 0.25) is 10.0 Å². The molecule has 142 valence electrons. The van der Waals surface area contributed by atoms with Gasteiger partial charge in [0, 0.05) is 5.56 Å². The van der Waals surface area contributed by atoms with Gasteiger partial charge in [0.05, 0.1) is 32.4 Å². The molecule has 2 heterocycles. The van der Waals surface area contributed by atoms with Crippen molar-refractivity contribution in [1.82, 2.24) is 5.43 Å². The molecule has 1 atom stereocenters. The molecule has 0 bridgehead atoms. The maximum Gasteiger partial charge on any atom is 0.299 e. The quantitative estimate of drug-likeness (QED) is 0.628. The van der Waals surface area contributed by atoms with E-state index < -0.39 is 0 Å². The molecule has 0 fully saturated rings. The Morgan fingerprint density at radius 3 is 2.71 bits per heavy atom. The summed E-state index contributed by atoms with van der Waals surface area (Å²) in [7, 11) is 0. The number of hydrogen-bond donors (Lipinski definition) is 3. The van der Waals surface area contributed by atoms with Gasteiger partial charge >= 0.3 is 0 Å². The Balaban J connectivity index is 1.66. The fourth-order valence-electron chi connectivity index (χ4n) is 2.85. The normalized spacial score (nSPS) is 19.8. The number of amides is 2. The van der Waals surface area contributed by atoms with Gasteiger partial charge < -0.3 is 5.32 Å². The molecule has 0 aliphatic carbocycles. The Morgan fingerprint density at radius 1 is 1.14 bits per heavy atom. The summed E-state index contributed by atoms with van der Waals surface area (Å²) >= 11 is 13.1. The van der Waals surface area contributed by atoms with Crippen molar-refractivity contribution < 1.29 is 9.59 Å². The van der Waals surface area contributed by atoms with E-state index in [1.165, 1.54) is 0 Å². The second kappa shape index (κ2) is 7.46. The molecule has 2 aromatic rings. The highest BCUT2D eigenvalue weighted by Crippen LogP contribution is 2.29. The number of carbonyl (C=O) groups excluding carboxylic acids is 2. The fourth-order valence-corrected chi connectivity index (χ4v) is 3.87. The predicted octanol–water partition coefficient (Wildman–Crippen LogP) is 4.31. The van der Waals surface area contributed by atoms with Crippen molar-refractivity contribution >= 4 is 68.9 Å². The van der Waals surface area contributed by atoms with Gasteiger partial charge in [-0.1, -0.05) is 41.0 Å². The minimum atomic E-state index is -0.319. The molecule has 1 unspecified atom stereocenters. The minimum Gasteiger partial charge on any atom is -0.320 e. The Kier molecular flexibility index (Phi) is 5.01. The van der Waals surface area contributed by atoms with Gasteiger partial charge in [-0.25, -0.2) is 5.43 Å². The zero-order valence-electron chi connectivity index (χ0n) is 14.4. The number of halogens is 2. The fraction of sp³-hybridized carbons (Fsp3) is 0.111. The molecule has 7 nitrogen and oxygen atoms in total. The third-order valence-corrected chi connectivity index (χ3v) is 5.81. The number of carbonyl (C=O) groups is 2. The summed E-state index contributed by atoms with van der Waals surface area (Å²) < 4.78 is 0. The molecule has 0 spiro atoms. The first-order valence-corrected chi connectivity index (χ1v) is 9.85. The van der Waals surface area contributed by atoms with Crippen LogP contribution in [-0.2, 0) is 4.79 Å². The lowest BCUT2D eigenvalue weighted by Gasteiger charge is -2.18. The molecule has 10 heteroatoms. The average Bonchev–Trinajstić information content (AvgIpc) is 2.97. The number of hydrazone groups is 2. The monoisotopic (exact) mass is 433 g/mol. The third kappa shape index (κ3) is 3.58. The predicted molar refractivity (Wildman–Crippen MR) is 114 cm³/mol. The number of anilines is 2. The van der Waals surface area contributed by atoms with Crippen LogP contribution in [0.1, 0.15) is 18.1 Å². The molecule has 2 aliphatic rings. The van der Waals surface area contributed by atoms with Gasteiger partial charge in [0.1, 0.15) is 0 Å². The van der Waals surface area contributed by atoms with Gasteiger partial charge in [-0.15, -0.1) is 0 Å². The van der Waals surface area contributed by atoms with Crippen LogP contribution in [0, 0.1) is 0 Å². The average molecular weight is 434 g/mol. The van der Waals surface area contributed by atoms with Crippen molar-refractivity contribution in [2.75, 3.05) is 10.7 Å². The number of nitrogens with one attached hydrogen (secondary N) is 3. The van der Waals surface area contributed by atoms with Crippen LogP contribution in [0.4, 0.5) is 16.2 Å². The second-order valence-electron chi connectivity index (χ2n) is 6.07. The highest BCUT2D eigenvalue weighted by atomic mass is 35.5. The summed E-state index contributed by atoms with van der Waals surface area (Å²) in [5.74, 6) is -0.319. The highest BCUT2D eigenvalue weighted by Gasteiger charge is 2.29. The summed E-state index contributed by atoms with van der Waals surface area (Å²) in [6, 6.07) is 10.4. The number of thioether (sulfide) groups is 1. The van der Waals surface area contributed by atoms with Gasteiger partial charge in [-0.2, -0.15) is 10.2 Å². The summed E-state index contributed by atoms with van der Waals surface area (Å²) in [5.41, 5.74) is 8.97. The largest absolute Gasteiger partial charge is 0.320 e. The van der Waals surface area contributed by atoms with Crippen molar-refractivity contribution in [2.45, 2.75) is 12.2 Å². The van der Waals surface area contributed by atoms with Crippen molar-refractivity contribution in [2.24, 2.45) is 10.2 Å². The molecule has 2 aliphatic heterocycles. The maximum absolute atomic E-state index is 12.3. The molecule has 3 N–H and O–H groups in total. The van der Waals surface area contributed by atoms with Gasteiger partial charge in [0.15, 0.2) is 5.71 Å². The van der Waals surface area contributed by atoms with E-state index in [-0.39, 0.29) is 22.1 Å². The molecule has 0 aromatic heterocycles. The van der Waals surface area contributed by atoms with Crippen LogP contribution in [0.5, 0.6) is 0 Å². The van der Waals surface area contributed by atoms with Crippen LogP contribution in [-0.4, -0.2) is 27.8 Å². The molecule has 0 radical (unpaired) electrons. The first kappa shape index (κ1) is 18.8. The SMILES string of the molecule is CC1SC(=O)NN=C1c1ccc2c(c1)C(=NNc1ccc(Cl)c(Cl)c1)C(=O)N2. The van der Waals surface area contributed by atoms with Crippen LogP contribution < -0.4 is 16.2 Å². The lowest BCUT2D eigenvalue weighted by molar-refractivity contribution is -0.110. The van der Waals surface area contributed by atoms with Crippen molar-refractivity contribution in [1.29, 1.82) is 0 Å². The molecule has 2 amide bonds. The van der Waals surface area contributed by atoms with Crippen LogP contribution in [0.25, 0.3) is 0 Å². The Labute approximate surface area is 174 Å². The number of nitrogens with zero attached hydrogens (tertiary/aromatic N) is 2. The topological polar surface area (TPSA) is 94.9 Å². The molecule has 2 aromatic carbocycles. The number of rotatable bonds is 3. The van der Waals surface area contributed by atoms with E-state index in [1.807, 2.05) is 19.1 Å². The summed E-state index contributed by atoms with van der Waals surface area (Å²) in [5, 5.41) is 11.7. The standard InChI is InChI=1S/C18H13Cl2N5O2S/c1-8-15(23-25-18(27)28-8)9-2-5-14-11(6-9)16(17(26)21-14)24-22-10-3-4-12(19)13(20)7-10/h2-8,22H,1H3,(H,25,27)(H,21,24,26). The number of benzene rings is 2. The van der Waals surface area contributed by atoms with Crippen molar-refractivity contribution in [3.05, 3.63) is 57.6 Å². The van der Waals surface area contributed by atoms with E-state index in [2.05, 4.69) is 26.4 Å². The van der Waals surface area contributed by atoms with Crippen LogP contribution in [0.3, 0.4) is 0 Å². The maximum atomic E-state index is 12.3. The number of hydrogen-bond acceptors (Lipinski definition) is 6. The van der Waals surface area contributed by atoms with Crippen molar-refractivity contribution in [3.63, 3.8) is 0 Å².